The molecule has 0 saturated carbocycles. The van der Waals surface area contributed by atoms with Crippen LogP contribution in [-0.4, -0.2) is 11.2 Å². The highest BCUT2D eigenvalue weighted by atomic mass is 35.5. The highest BCUT2D eigenvalue weighted by Crippen LogP contribution is 2.17. The molecule has 7 heteroatoms. The maximum atomic E-state index is 11.9. The zero-order valence-electron chi connectivity index (χ0n) is 11.8. The molecule has 5 nitrogen and oxygen atoms in total. The predicted octanol–water partition coefficient (Wildman–Crippen LogP) is 3.34. The quantitative estimate of drug-likeness (QED) is 0.723. The minimum Gasteiger partial charge on any atom is -0.492 e. The van der Waals surface area contributed by atoms with Crippen molar-refractivity contribution in [1.82, 2.24) is 4.57 Å². The minimum atomic E-state index is -0.732. The van der Waals surface area contributed by atoms with E-state index in [1.54, 1.807) is 36.4 Å². The third-order valence-corrected chi connectivity index (χ3v) is 3.75. The van der Waals surface area contributed by atoms with Gasteiger partial charge in [-0.25, -0.2) is 9.59 Å². The number of hydrogen-bond acceptors (Lipinski definition) is 4. The van der Waals surface area contributed by atoms with Crippen molar-refractivity contribution in [1.29, 1.82) is 0 Å². The van der Waals surface area contributed by atoms with Gasteiger partial charge in [0.1, 0.15) is 12.4 Å². The monoisotopic (exact) mass is 351 g/mol. The number of halogens is 2. The summed E-state index contributed by atoms with van der Waals surface area (Å²) in [5, 5.41) is 1.26. The summed E-state index contributed by atoms with van der Waals surface area (Å²) in [4.78, 5) is 23.7. The lowest BCUT2D eigenvalue weighted by Crippen LogP contribution is -2.27. The van der Waals surface area contributed by atoms with Crippen molar-refractivity contribution in [3.05, 3.63) is 73.5 Å². The Morgan fingerprint density at radius 2 is 1.70 bits per heavy atom. The highest BCUT2D eigenvalue weighted by molar-refractivity contribution is 6.31. The van der Waals surface area contributed by atoms with Crippen LogP contribution in [0.3, 0.4) is 0 Å². The van der Waals surface area contributed by atoms with Crippen LogP contribution < -0.4 is 16.1 Å². The van der Waals surface area contributed by atoms with E-state index in [0.717, 1.165) is 0 Å². The summed E-state index contributed by atoms with van der Waals surface area (Å²) in [6, 6.07) is 11.6. The third kappa shape index (κ3) is 3.41. The van der Waals surface area contributed by atoms with Gasteiger partial charge < -0.3 is 9.15 Å². The molecular formula is C16H11Cl2NO4. The molecule has 3 rings (SSSR count). The summed E-state index contributed by atoms with van der Waals surface area (Å²) in [6.07, 6.45) is 0. The van der Waals surface area contributed by atoms with Gasteiger partial charge in [0.2, 0.25) is 0 Å². The van der Waals surface area contributed by atoms with Gasteiger partial charge in [0.25, 0.3) is 0 Å². The molecule has 0 N–H and O–H groups in total. The molecule has 0 aliphatic carbocycles. The topological polar surface area (TPSA) is 61.4 Å². The number of rotatable bonds is 4. The second kappa shape index (κ2) is 6.48. The third-order valence-electron chi connectivity index (χ3n) is 3.27. The maximum absolute atomic E-state index is 11.9. The van der Waals surface area contributed by atoms with Crippen molar-refractivity contribution in [2.24, 2.45) is 0 Å². The smallest absolute Gasteiger partial charge is 0.422 e. The Morgan fingerprint density at radius 1 is 1.00 bits per heavy atom. The molecule has 1 aromatic heterocycles. The SMILES string of the molecule is O=c1oc(=O)n(CCOc2ccc(Cl)cc2)c2ccc(Cl)cc12. The van der Waals surface area contributed by atoms with E-state index in [4.69, 9.17) is 32.4 Å². The molecule has 1 heterocycles. The van der Waals surface area contributed by atoms with Crippen molar-refractivity contribution in [2.45, 2.75) is 6.54 Å². The average Bonchev–Trinajstić information content (AvgIpc) is 2.52. The van der Waals surface area contributed by atoms with Gasteiger partial charge in [-0.05, 0) is 42.5 Å². The predicted molar refractivity (Wildman–Crippen MR) is 88.7 cm³/mol. The number of fused-ring (bicyclic) bond motifs is 1. The first kappa shape index (κ1) is 15.6. The van der Waals surface area contributed by atoms with Crippen LogP contribution in [-0.2, 0) is 6.54 Å². The molecule has 23 heavy (non-hydrogen) atoms. The molecule has 3 aromatic rings. The van der Waals surface area contributed by atoms with E-state index in [9.17, 15) is 9.59 Å². The van der Waals surface area contributed by atoms with E-state index >= 15 is 0 Å². The lowest BCUT2D eigenvalue weighted by molar-refractivity contribution is 0.287. The Kier molecular flexibility index (Phi) is 4.41. The Bertz CT molecular complexity index is 960. The van der Waals surface area contributed by atoms with Crippen LogP contribution in [0.2, 0.25) is 10.0 Å². The first-order chi connectivity index (χ1) is 11.0. The van der Waals surface area contributed by atoms with Gasteiger partial charge in [0.05, 0.1) is 17.4 Å². The molecule has 0 fully saturated rings. The van der Waals surface area contributed by atoms with E-state index in [1.165, 1.54) is 10.6 Å². The van der Waals surface area contributed by atoms with Gasteiger partial charge in [-0.15, -0.1) is 0 Å². The summed E-state index contributed by atoms with van der Waals surface area (Å²) < 4.78 is 11.6. The van der Waals surface area contributed by atoms with Crippen molar-refractivity contribution in [2.75, 3.05) is 6.61 Å². The standard InChI is InChI=1S/C16H11Cl2NO4/c17-10-1-4-12(5-2-10)22-8-7-19-14-6-3-11(18)9-13(14)15(20)23-16(19)21/h1-6,9H,7-8H2. The van der Waals surface area contributed by atoms with Crippen LogP contribution in [0.4, 0.5) is 0 Å². The molecule has 0 saturated heterocycles. The summed E-state index contributed by atoms with van der Waals surface area (Å²) in [5.74, 6) is -0.100. The molecule has 0 aliphatic heterocycles. The Morgan fingerprint density at radius 3 is 2.43 bits per heavy atom. The number of nitrogens with zero attached hydrogens (tertiary/aromatic N) is 1. The molecule has 0 atom stereocenters. The van der Waals surface area contributed by atoms with Crippen LogP contribution in [0.1, 0.15) is 0 Å². The van der Waals surface area contributed by atoms with Gasteiger partial charge in [-0.1, -0.05) is 23.2 Å². The van der Waals surface area contributed by atoms with Gasteiger partial charge in [-0.3, -0.25) is 4.57 Å². The second-order valence-electron chi connectivity index (χ2n) is 4.77. The molecular weight excluding hydrogens is 341 g/mol. The van der Waals surface area contributed by atoms with Gasteiger partial charge in [-0.2, -0.15) is 0 Å². The first-order valence-electron chi connectivity index (χ1n) is 6.76. The summed E-state index contributed by atoms with van der Waals surface area (Å²) in [6.45, 7) is 0.455. The molecule has 0 aliphatic rings. The van der Waals surface area contributed by atoms with Crippen LogP contribution in [0, 0.1) is 0 Å². The summed E-state index contributed by atoms with van der Waals surface area (Å²) >= 11 is 11.7. The zero-order chi connectivity index (χ0) is 16.4. The Hall–Kier alpha value is -2.24. The Labute approximate surface area is 140 Å². The van der Waals surface area contributed by atoms with Gasteiger partial charge in [0, 0.05) is 10.0 Å². The number of aromatic nitrogens is 1. The fourth-order valence-corrected chi connectivity index (χ4v) is 2.49. The zero-order valence-corrected chi connectivity index (χ0v) is 13.3. The Balaban J connectivity index is 1.86. The van der Waals surface area contributed by atoms with E-state index in [0.29, 0.717) is 21.3 Å². The van der Waals surface area contributed by atoms with Gasteiger partial charge >= 0.3 is 11.4 Å². The number of ether oxygens (including phenoxy) is 1. The summed E-state index contributed by atoms with van der Waals surface area (Å²) in [7, 11) is 0. The van der Waals surface area contributed by atoms with Crippen molar-refractivity contribution in [3.63, 3.8) is 0 Å². The van der Waals surface area contributed by atoms with Crippen molar-refractivity contribution in [3.8, 4) is 5.75 Å². The van der Waals surface area contributed by atoms with E-state index in [2.05, 4.69) is 0 Å². The maximum Gasteiger partial charge on any atom is 0.422 e. The molecule has 0 unspecified atom stereocenters. The fourth-order valence-electron chi connectivity index (χ4n) is 2.19. The summed E-state index contributed by atoms with van der Waals surface area (Å²) in [5.41, 5.74) is -0.252. The number of hydrogen-bond donors (Lipinski definition) is 0. The molecule has 118 valence electrons. The molecule has 0 amide bonds. The second-order valence-corrected chi connectivity index (χ2v) is 5.64. The van der Waals surface area contributed by atoms with Crippen LogP contribution >= 0.6 is 23.2 Å². The van der Waals surface area contributed by atoms with Crippen LogP contribution in [0.25, 0.3) is 10.9 Å². The number of benzene rings is 2. The molecule has 0 spiro atoms. The van der Waals surface area contributed by atoms with Gasteiger partial charge in [0.15, 0.2) is 0 Å². The van der Waals surface area contributed by atoms with Crippen LogP contribution in [0.5, 0.6) is 5.75 Å². The van der Waals surface area contributed by atoms with Crippen molar-refractivity contribution >= 4 is 34.1 Å². The van der Waals surface area contributed by atoms with E-state index < -0.39 is 11.4 Å². The normalized spacial score (nSPS) is 10.9. The molecule has 0 bridgehead atoms. The lowest BCUT2D eigenvalue weighted by atomic mass is 10.2. The van der Waals surface area contributed by atoms with Crippen LogP contribution in [0.15, 0.2) is 56.5 Å². The average molecular weight is 352 g/mol. The van der Waals surface area contributed by atoms with Crippen molar-refractivity contribution < 1.29 is 9.15 Å². The largest absolute Gasteiger partial charge is 0.492 e. The minimum absolute atomic E-state index is 0.226. The van der Waals surface area contributed by atoms with E-state index in [-0.39, 0.29) is 18.5 Å². The fraction of sp³-hybridized carbons (Fsp3) is 0.125. The molecule has 2 aromatic carbocycles. The van der Waals surface area contributed by atoms with E-state index in [1.807, 2.05) is 0 Å². The molecule has 0 radical (unpaired) electrons. The lowest BCUT2D eigenvalue weighted by Gasteiger charge is -2.10. The first-order valence-corrected chi connectivity index (χ1v) is 7.52. The highest BCUT2D eigenvalue weighted by Gasteiger charge is 2.10.